The van der Waals surface area contributed by atoms with Gasteiger partial charge in [-0.3, -0.25) is 9.39 Å². The van der Waals surface area contributed by atoms with Crippen molar-refractivity contribution in [1.29, 1.82) is 0 Å². The van der Waals surface area contributed by atoms with Crippen molar-refractivity contribution in [3.63, 3.8) is 0 Å². The van der Waals surface area contributed by atoms with Gasteiger partial charge in [0.25, 0.3) is 0 Å². The van der Waals surface area contributed by atoms with E-state index in [-0.39, 0.29) is 24.0 Å². The highest BCUT2D eigenvalue weighted by molar-refractivity contribution is 14.0. The highest BCUT2D eigenvalue weighted by Crippen LogP contribution is 2.04. The molecule has 0 saturated heterocycles. The fourth-order valence-electron chi connectivity index (χ4n) is 2.69. The number of hydrogen-bond donors (Lipinski definition) is 2. The lowest BCUT2D eigenvalue weighted by atomic mass is 10.3. The molecule has 0 bridgehead atoms. The Labute approximate surface area is 178 Å². The van der Waals surface area contributed by atoms with Crippen LogP contribution in [0, 0.1) is 0 Å². The maximum Gasteiger partial charge on any atom is 0.191 e. The van der Waals surface area contributed by atoms with Crippen LogP contribution >= 0.6 is 24.0 Å². The molecule has 2 N–H and O–H groups in total. The van der Waals surface area contributed by atoms with Crippen molar-refractivity contribution in [2.24, 2.45) is 4.99 Å². The number of nitrogens with zero attached hydrogens (tertiary/aromatic N) is 5. The van der Waals surface area contributed by atoms with Gasteiger partial charge in [0.2, 0.25) is 0 Å². The van der Waals surface area contributed by atoms with E-state index in [1.54, 1.807) is 14.2 Å². The van der Waals surface area contributed by atoms with Crippen LogP contribution < -0.4 is 10.6 Å². The van der Waals surface area contributed by atoms with Crippen molar-refractivity contribution in [2.75, 3.05) is 54.0 Å². The third-order valence-corrected chi connectivity index (χ3v) is 4.15. The molecule has 0 amide bonds. The number of nitrogens with one attached hydrogen (secondary N) is 2. The van der Waals surface area contributed by atoms with Gasteiger partial charge >= 0.3 is 0 Å². The van der Waals surface area contributed by atoms with Gasteiger partial charge in [-0.05, 0) is 32.0 Å². The minimum Gasteiger partial charge on any atom is -0.385 e. The van der Waals surface area contributed by atoms with Gasteiger partial charge in [-0.25, -0.2) is 0 Å². The normalized spacial score (nSPS) is 11.6. The zero-order valence-electron chi connectivity index (χ0n) is 16.5. The number of ether oxygens (including phenoxy) is 1. The van der Waals surface area contributed by atoms with Gasteiger partial charge in [0, 0.05) is 59.6 Å². The van der Waals surface area contributed by atoms with E-state index in [2.05, 4.69) is 37.8 Å². The first-order valence-corrected chi connectivity index (χ1v) is 9.15. The molecule has 0 aromatic carbocycles. The lowest BCUT2D eigenvalue weighted by Crippen LogP contribution is -2.41. The first-order valence-electron chi connectivity index (χ1n) is 9.15. The van der Waals surface area contributed by atoms with Gasteiger partial charge in [-0.15, -0.1) is 34.2 Å². The summed E-state index contributed by atoms with van der Waals surface area (Å²) < 4.78 is 7.11. The van der Waals surface area contributed by atoms with Crippen LogP contribution in [0.3, 0.4) is 0 Å². The Morgan fingerprint density at radius 1 is 1.19 bits per heavy atom. The van der Waals surface area contributed by atoms with E-state index in [0.29, 0.717) is 0 Å². The number of halogens is 1. The van der Waals surface area contributed by atoms with Crippen LogP contribution in [-0.2, 0) is 11.2 Å². The van der Waals surface area contributed by atoms with E-state index < -0.39 is 0 Å². The fourth-order valence-corrected chi connectivity index (χ4v) is 2.69. The second-order valence-electron chi connectivity index (χ2n) is 6.22. The number of guanidine groups is 1. The smallest absolute Gasteiger partial charge is 0.191 e. The van der Waals surface area contributed by atoms with Gasteiger partial charge < -0.3 is 20.3 Å². The summed E-state index contributed by atoms with van der Waals surface area (Å²) in [4.78, 5) is 6.55. The van der Waals surface area contributed by atoms with Crippen LogP contribution in [0.25, 0.3) is 5.65 Å². The minimum absolute atomic E-state index is 0. The molecule has 0 aliphatic heterocycles. The number of aryl methyl sites for hydroxylation is 1. The molecule has 0 spiro atoms. The number of pyridine rings is 1. The molecule has 2 heterocycles. The highest BCUT2D eigenvalue weighted by Gasteiger charge is 2.04. The van der Waals surface area contributed by atoms with Gasteiger partial charge in [-0.1, -0.05) is 6.07 Å². The van der Waals surface area contributed by atoms with Crippen LogP contribution in [0.1, 0.15) is 18.7 Å². The van der Waals surface area contributed by atoms with Crippen molar-refractivity contribution >= 4 is 35.6 Å². The van der Waals surface area contributed by atoms with Crippen molar-refractivity contribution in [2.45, 2.75) is 19.3 Å². The second kappa shape index (κ2) is 13.7. The van der Waals surface area contributed by atoms with Crippen molar-refractivity contribution in [3.05, 3.63) is 30.2 Å². The molecule has 9 heteroatoms. The quantitative estimate of drug-likeness (QED) is 0.215. The summed E-state index contributed by atoms with van der Waals surface area (Å²) in [5.41, 5.74) is 0.891. The molecule has 0 aliphatic carbocycles. The molecule has 27 heavy (non-hydrogen) atoms. The van der Waals surface area contributed by atoms with Crippen molar-refractivity contribution in [1.82, 2.24) is 30.1 Å². The van der Waals surface area contributed by atoms with Gasteiger partial charge in [0.1, 0.15) is 5.82 Å². The van der Waals surface area contributed by atoms with Crippen molar-refractivity contribution in [3.8, 4) is 0 Å². The summed E-state index contributed by atoms with van der Waals surface area (Å²) in [5, 5.41) is 15.1. The topological polar surface area (TPSA) is 79.1 Å². The third kappa shape index (κ3) is 8.39. The average Bonchev–Trinajstić information content (AvgIpc) is 3.07. The third-order valence-electron chi connectivity index (χ3n) is 4.15. The molecule has 0 saturated carbocycles. The number of aliphatic imine (C=N–C) groups is 1. The molecule has 0 fully saturated rings. The molecule has 0 aliphatic rings. The van der Waals surface area contributed by atoms with Gasteiger partial charge in [-0.2, -0.15) is 0 Å². The summed E-state index contributed by atoms with van der Waals surface area (Å²) in [6.07, 6.45) is 4.89. The Kier molecular flexibility index (Phi) is 11.9. The van der Waals surface area contributed by atoms with Gasteiger partial charge in [0.05, 0.1) is 0 Å². The van der Waals surface area contributed by atoms with Crippen LogP contribution in [0.2, 0.25) is 0 Å². The highest BCUT2D eigenvalue weighted by atomic mass is 127. The molecule has 2 aromatic rings. The lowest BCUT2D eigenvalue weighted by molar-refractivity contribution is 0.180. The Balaban J connectivity index is 0.00000364. The molecule has 0 atom stereocenters. The Morgan fingerprint density at radius 3 is 2.78 bits per heavy atom. The van der Waals surface area contributed by atoms with Crippen LogP contribution in [-0.4, -0.2) is 79.4 Å². The van der Waals surface area contributed by atoms with Crippen LogP contribution in [0.5, 0.6) is 0 Å². The predicted molar refractivity (Wildman–Crippen MR) is 120 cm³/mol. The summed E-state index contributed by atoms with van der Waals surface area (Å²) in [6, 6.07) is 5.93. The zero-order chi connectivity index (χ0) is 18.6. The molecule has 152 valence electrons. The Bertz CT molecular complexity index is 677. The Hall–Kier alpha value is -1.46. The first-order chi connectivity index (χ1) is 12.7. The Morgan fingerprint density at radius 2 is 2.00 bits per heavy atom. The zero-order valence-corrected chi connectivity index (χ0v) is 18.8. The fraction of sp³-hybridized carbons (Fsp3) is 0.611. The average molecular weight is 489 g/mol. The number of hydrogen-bond acceptors (Lipinski definition) is 5. The maximum absolute atomic E-state index is 5.08. The molecule has 0 unspecified atom stereocenters. The van der Waals surface area contributed by atoms with E-state index >= 15 is 0 Å². The number of likely N-dealkylation sites (N-methyl/N-ethyl adjacent to an activating group) is 1. The number of rotatable bonds is 11. The molecule has 8 nitrogen and oxygen atoms in total. The summed E-state index contributed by atoms with van der Waals surface area (Å²) in [7, 11) is 5.66. The minimum atomic E-state index is 0. The first kappa shape index (κ1) is 23.6. The standard InChI is InChI=1S/C18H31N7O.HI/c1-19-18(21-11-14-24(2)12-7-15-26-3)20-10-6-9-17-23-22-16-8-4-5-13-25(16)17;/h4-5,8,13H,6-7,9-12,14-15H2,1-3H3,(H2,19,20,21);1H. The number of methoxy groups -OCH3 is 1. The molecular weight excluding hydrogens is 457 g/mol. The maximum atomic E-state index is 5.08. The van der Waals surface area contributed by atoms with E-state index in [4.69, 9.17) is 4.74 Å². The van der Waals surface area contributed by atoms with E-state index in [9.17, 15) is 0 Å². The monoisotopic (exact) mass is 489 g/mol. The van der Waals surface area contributed by atoms with E-state index in [1.165, 1.54) is 0 Å². The number of fused-ring (bicyclic) bond motifs is 1. The van der Waals surface area contributed by atoms with E-state index in [0.717, 1.165) is 69.5 Å². The van der Waals surface area contributed by atoms with Gasteiger partial charge in [0.15, 0.2) is 11.6 Å². The number of aromatic nitrogens is 3. The molecule has 2 rings (SSSR count). The summed E-state index contributed by atoms with van der Waals surface area (Å²) in [6.45, 7) is 4.51. The molecule has 0 radical (unpaired) electrons. The van der Waals surface area contributed by atoms with E-state index in [1.807, 2.05) is 28.8 Å². The molecule has 2 aromatic heterocycles. The molecular formula is C18H32IN7O. The van der Waals surface area contributed by atoms with Crippen LogP contribution in [0.15, 0.2) is 29.4 Å². The van der Waals surface area contributed by atoms with Crippen molar-refractivity contribution < 1.29 is 4.74 Å². The van der Waals surface area contributed by atoms with Crippen LogP contribution in [0.4, 0.5) is 0 Å². The summed E-state index contributed by atoms with van der Waals surface area (Å²) in [5.74, 6) is 1.82. The SMILES string of the molecule is CN=C(NCCCc1nnc2ccccn12)NCCN(C)CCCOC.I. The second-order valence-corrected chi connectivity index (χ2v) is 6.22. The summed E-state index contributed by atoms with van der Waals surface area (Å²) >= 11 is 0. The largest absolute Gasteiger partial charge is 0.385 e. The predicted octanol–water partition coefficient (Wildman–Crippen LogP) is 1.41. The lowest BCUT2D eigenvalue weighted by Gasteiger charge is -2.18.